The molecule has 0 amide bonds. The Morgan fingerprint density at radius 3 is 2.50 bits per heavy atom. The van der Waals surface area contributed by atoms with Gasteiger partial charge in [-0.3, -0.25) is 0 Å². The molecule has 3 heteroatoms. The first kappa shape index (κ1) is 19.1. The molecule has 2 atom stereocenters. The van der Waals surface area contributed by atoms with Gasteiger partial charge in [-0.15, -0.1) is 0 Å². The lowest BCUT2D eigenvalue weighted by Crippen LogP contribution is -2.22. The van der Waals surface area contributed by atoms with Gasteiger partial charge in [0.2, 0.25) is 0 Å². The predicted molar refractivity (Wildman–Crippen MR) is 131 cm³/mol. The number of benzene rings is 3. The van der Waals surface area contributed by atoms with E-state index in [-0.39, 0.29) is 11.6 Å². The molecule has 6 rings (SSSR count). The van der Waals surface area contributed by atoms with Crippen molar-refractivity contribution < 1.29 is 4.74 Å². The van der Waals surface area contributed by atoms with Gasteiger partial charge in [-0.1, -0.05) is 66.8 Å². The van der Waals surface area contributed by atoms with Gasteiger partial charge in [-0.25, -0.2) is 4.98 Å². The molecule has 3 nitrogen and oxygen atoms in total. The highest BCUT2D eigenvalue weighted by atomic mass is 16.5. The van der Waals surface area contributed by atoms with Crippen LogP contribution in [0.4, 0.5) is 0 Å². The molecule has 2 aliphatic rings. The fourth-order valence-corrected chi connectivity index (χ4v) is 5.02. The van der Waals surface area contributed by atoms with Gasteiger partial charge in [-0.2, -0.15) is 0 Å². The third-order valence-electron chi connectivity index (χ3n) is 6.41. The van der Waals surface area contributed by atoms with Gasteiger partial charge < -0.3 is 9.30 Å². The second-order valence-corrected chi connectivity index (χ2v) is 9.61. The molecule has 2 heterocycles. The normalized spacial score (nSPS) is 19.1. The van der Waals surface area contributed by atoms with Crippen LogP contribution in [0.15, 0.2) is 91.0 Å². The number of hydrogen-bond donors (Lipinski definition) is 0. The standard InChI is InChI=1S/C29H26N2O/c1-29(2,3)31-25-16-6-5-15-24(25)30-28(31)20-11-8-10-19(18-20)21-13-9-14-23-22-12-4-7-17-26(22)32-27(21)23/h4-18,22,26H,1-3H3. The van der Waals surface area contributed by atoms with Crippen molar-refractivity contribution in [3.05, 3.63) is 96.6 Å². The molecule has 0 N–H and O–H groups in total. The highest BCUT2D eigenvalue weighted by Crippen LogP contribution is 2.46. The lowest BCUT2D eigenvalue weighted by molar-refractivity contribution is 0.270. The first-order chi connectivity index (χ1) is 15.5. The molecule has 0 fully saturated rings. The molecular weight excluding hydrogens is 392 g/mol. The quantitative estimate of drug-likeness (QED) is 0.347. The number of imidazole rings is 1. The lowest BCUT2D eigenvalue weighted by Gasteiger charge is -2.25. The summed E-state index contributed by atoms with van der Waals surface area (Å²) in [5, 5.41) is 0. The minimum Gasteiger partial charge on any atom is -0.484 e. The van der Waals surface area contributed by atoms with E-state index in [4.69, 9.17) is 9.72 Å². The van der Waals surface area contributed by atoms with Crippen molar-refractivity contribution in [3.63, 3.8) is 0 Å². The maximum Gasteiger partial charge on any atom is 0.141 e. The fourth-order valence-electron chi connectivity index (χ4n) is 5.02. The van der Waals surface area contributed by atoms with E-state index >= 15 is 0 Å². The molecule has 1 aliphatic carbocycles. The van der Waals surface area contributed by atoms with Crippen molar-refractivity contribution in [2.24, 2.45) is 0 Å². The van der Waals surface area contributed by atoms with E-state index in [9.17, 15) is 0 Å². The van der Waals surface area contributed by atoms with Crippen LogP contribution in [0.1, 0.15) is 32.3 Å². The van der Waals surface area contributed by atoms with Crippen molar-refractivity contribution in [2.75, 3.05) is 0 Å². The zero-order chi connectivity index (χ0) is 21.9. The zero-order valence-electron chi connectivity index (χ0n) is 18.6. The Kier molecular flexibility index (Phi) is 4.16. The van der Waals surface area contributed by atoms with Crippen LogP contribution in [0.25, 0.3) is 33.5 Å². The lowest BCUT2D eigenvalue weighted by atomic mass is 9.90. The van der Waals surface area contributed by atoms with E-state index in [1.54, 1.807) is 0 Å². The summed E-state index contributed by atoms with van der Waals surface area (Å²) in [7, 11) is 0. The van der Waals surface area contributed by atoms with Crippen molar-refractivity contribution in [3.8, 4) is 28.3 Å². The largest absolute Gasteiger partial charge is 0.484 e. The maximum atomic E-state index is 6.41. The van der Waals surface area contributed by atoms with Crippen LogP contribution < -0.4 is 4.74 Å². The Morgan fingerprint density at radius 1 is 0.844 bits per heavy atom. The second-order valence-electron chi connectivity index (χ2n) is 9.61. The number of fused-ring (bicyclic) bond motifs is 4. The van der Waals surface area contributed by atoms with Crippen LogP contribution in [0.2, 0.25) is 0 Å². The SMILES string of the molecule is CC(C)(C)n1c(-c2cccc(-c3cccc4c3OC3C=CC=CC43)c2)nc2ccccc21. The predicted octanol–water partition coefficient (Wildman–Crippen LogP) is 7.10. The summed E-state index contributed by atoms with van der Waals surface area (Å²) in [6.45, 7) is 6.69. The molecule has 0 saturated carbocycles. The molecule has 3 aromatic carbocycles. The average Bonchev–Trinajstić information content (AvgIpc) is 3.38. The number of hydrogen-bond acceptors (Lipinski definition) is 2. The molecular formula is C29H26N2O. The highest BCUT2D eigenvalue weighted by Gasteiger charge is 2.33. The number of rotatable bonds is 2. The zero-order valence-corrected chi connectivity index (χ0v) is 18.6. The summed E-state index contributed by atoms with van der Waals surface area (Å²) >= 11 is 0. The van der Waals surface area contributed by atoms with E-state index in [1.807, 2.05) is 0 Å². The van der Waals surface area contributed by atoms with Crippen LogP contribution in [0.3, 0.4) is 0 Å². The van der Waals surface area contributed by atoms with Gasteiger partial charge in [0.25, 0.3) is 0 Å². The van der Waals surface area contributed by atoms with Gasteiger partial charge >= 0.3 is 0 Å². The third-order valence-corrected chi connectivity index (χ3v) is 6.41. The Morgan fingerprint density at radius 2 is 1.62 bits per heavy atom. The molecule has 32 heavy (non-hydrogen) atoms. The van der Waals surface area contributed by atoms with Crippen LogP contribution in [-0.2, 0) is 5.54 Å². The Labute approximate surface area is 188 Å². The van der Waals surface area contributed by atoms with Crippen LogP contribution in [0, 0.1) is 0 Å². The summed E-state index contributed by atoms with van der Waals surface area (Å²) in [6.07, 6.45) is 8.66. The van der Waals surface area contributed by atoms with Crippen molar-refractivity contribution in [1.29, 1.82) is 0 Å². The van der Waals surface area contributed by atoms with Crippen LogP contribution >= 0.6 is 0 Å². The molecule has 0 saturated heterocycles. The summed E-state index contributed by atoms with van der Waals surface area (Å²) < 4.78 is 8.75. The van der Waals surface area contributed by atoms with Crippen molar-refractivity contribution in [1.82, 2.24) is 9.55 Å². The Hall–Kier alpha value is -3.59. The minimum absolute atomic E-state index is 0.0874. The fraction of sp³-hybridized carbons (Fsp3) is 0.207. The highest BCUT2D eigenvalue weighted by molar-refractivity contribution is 5.83. The third kappa shape index (κ3) is 2.92. The Bertz CT molecular complexity index is 1400. The van der Waals surface area contributed by atoms with E-state index < -0.39 is 0 Å². The number of para-hydroxylation sites is 3. The monoisotopic (exact) mass is 418 g/mol. The molecule has 0 spiro atoms. The van der Waals surface area contributed by atoms with Crippen LogP contribution in [0.5, 0.6) is 5.75 Å². The van der Waals surface area contributed by atoms with Crippen molar-refractivity contribution in [2.45, 2.75) is 38.3 Å². The van der Waals surface area contributed by atoms with Gasteiger partial charge in [0, 0.05) is 28.1 Å². The number of allylic oxidation sites excluding steroid dienone is 2. The molecule has 2 unspecified atom stereocenters. The number of ether oxygens (including phenoxy) is 1. The maximum absolute atomic E-state index is 6.41. The number of aromatic nitrogens is 2. The van der Waals surface area contributed by atoms with Gasteiger partial charge in [0.1, 0.15) is 17.7 Å². The van der Waals surface area contributed by atoms with Gasteiger partial charge in [0.05, 0.1) is 11.0 Å². The molecule has 1 aromatic heterocycles. The smallest absolute Gasteiger partial charge is 0.141 e. The topological polar surface area (TPSA) is 27.1 Å². The number of nitrogens with zero attached hydrogens (tertiary/aromatic N) is 2. The molecule has 1 aliphatic heterocycles. The molecule has 0 bridgehead atoms. The average molecular weight is 419 g/mol. The Balaban J connectivity index is 1.50. The summed E-state index contributed by atoms with van der Waals surface area (Å²) in [4.78, 5) is 5.03. The molecule has 0 radical (unpaired) electrons. The summed E-state index contributed by atoms with van der Waals surface area (Å²) in [6, 6.07) is 23.6. The minimum atomic E-state index is -0.0904. The second kappa shape index (κ2) is 6.96. The molecule has 4 aromatic rings. The van der Waals surface area contributed by atoms with E-state index in [2.05, 4.69) is 116 Å². The van der Waals surface area contributed by atoms with Gasteiger partial charge in [-0.05, 0) is 50.6 Å². The van der Waals surface area contributed by atoms with E-state index in [0.29, 0.717) is 5.92 Å². The van der Waals surface area contributed by atoms with Crippen LogP contribution in [-0.4, -0.2) is 15.7 Å². The first-order valence-electron chi connectivity index (χ1n) is 11.2. The molecule has 158 valence electrons. The summed E-state index contributed by atoms with van der Waals surface area (Å²) in [5.74, 6) is 2.29. The summed E-state index contributed by atoms with van der Waals surface area (Å²) in [5.41, 5.74) is 6.76. The van der Waals surface area contributed by atoms with Crippen molar-refractivity contribution >= 4 is 11.0 Å². The van der Waals surface area contributed by atoms with E-state index in [1.165, 1.54) is 5.56 Å². The van der Waals surface area contributed by atoms with Gasteiger partial charge in [0.15, 0.2) is 0 Å². The van der Waals surface area contributed by atoms with E-state index in [0.717, 1.165) is 39.3 Å². The first-order valence-corrected chi connectivity index (χ1v) is 11.2.